The van der Waals surface area contributed by atoms with Crippen molar-refractivity contribution in [2.75, 3.05) is 32.8 Å². The first-order chi connectivity index (χ1) is 19.0. The first-order valence-electron chi connectivity index (χ1n) is 13.0. The summed E-state index contributed by atoms with van der Waals surface area (Å²) < 4.78 is 22.1. The van der Waals surface area contributed by atoms with E-state index in [1.54, 1.807) is 54.6 Å². The zero-order chi connectivity index (χ0) is 29.2. The minimum atomic E-state index is -0.973. The summed E-state index contributed by atoms with van der Waals surface area (Å²) >= 11 is 0. The molecule has 3 aromatic rings. The standard InChI is InChI=1S/C32H35NO7/c1-8-40-22-11-9-10-21(18-22)33-28(19-12-14-25(38-6)26(16-19)39-7)27(30(35)31(33)36)29(34)23-17-20(32(2,3)4)13-15-24(23)37-5/h9-18,28,34H,8H2,1-7H3/b29-27+. The van der Waals surface area contributed by atoms with Crippen molar-refractivity contribution in [3.8, 4) is 23.0 Å². The molecule has 210 valence electrons. The van der Waals surface area contributed by atoms with Crippen molar-refractivity contribution in [2.45, 2.75) is 39.2 Å². The Balaban J connectivity index is 2.02. The van der Waals surface area contributed by atoms with E-state index in [1.165, 1.54) is 26.2 Å². The van der Waals surface area contributed by atoms with Crippen molar-refractivity contribution in [3.63, 3.8) is 0 Å². The van der Waals surface area contributed by atoms with E-state index in [1.807, 2.05) is 33.8 Å². The maximum absolute atomic E-state index is 13.7. The molecule has 0 saturated carbocycles. The van der Waals surface area contributed by atoms with Crippen molar-refractivity contribution in [2.24, 2.45) is 0 Å². The van der Waals surface area contributed by atoms with Gasteiger partial charge in [-0.15, -0.1) is 0 Å². The van der Waals surface area contributed by atoms with Crippen LogP contribution in [0.15, 0.2) is 66.2 Å². The highest BCUT2D eigenvalue weighted by molar-refractivity contribution is 6.51. The first-order valence-corrected chi connectivity index (χ1v) is 13.0. The van der Waals surface area contributed by atoms with Crippen LogP contribution in [-0.4, -0.2) is 44.7 Å². The molecule has 1 heterocycles. The monoisotopic (exact) mass is 545 g/mol. The molecule has 1 N–H and O–H groups in total. The Kier molecular flexibility index (Phi) is 8.09. The van der Waals surface area contributed by atoms with Crippen molar-refractivity contribution in [1.82, 2.24) is 0 Å². The van der Waals surface area contributed by atoms with Gasteiger partial charge in [-0.1, -0.05) is 39.0 Å². The molecular formula is C32H35NO7. The topological polar surface area (TPSA) is 94.5 Å². The van der Waals surface area contributed by atoms with Crippen LogP contribution in [-0.2, 0) is 15.0 Å². The Labute approximate surface area is 234 Å². The molecule has 0 aromatic heterocycles. The number of amides is 1. The number of carbonyl (C=O) groups excluding carboxylic acids is 2. The molecule has 1 amide bonds. The Hall–Kier alpha value is -4.46. The van der Waals surface area contributed by atoms with Gasteiger partial charge < -0.3 is 24.1 Å². The molecular weight excluding hydrogens is 510 g/mol. The fourth-order valence-corrected chi connectivity index (χ4v) is 4.83. The van der Waals surface area contributed by atoms with Crippen molar-refractivity contribution in [1.29, 1.82) is 0 Å². The highest BCUT2D eigenvalue weighted by Crippen LogP contribution is 2.46. The largest absolute Gasteiger partial charge is 0.507 e. The van der Waals surface area contributed by atoms with Crippen LogP contribution in [0.3, 0.4) is 0 Å². The van der Waals surface area contributed by atoms with Gasteiger partial charge in [-0.05, 0) is 59.9 Å². The van der Waals surface area contributed by atoms with Crippen LogP contribution in [0, 0.1) is 0 Å². The van der Waals surface area contributed by atoms with Gasteiger partial charge in [0, 0.05) is 11.8 Å². The maximum atomic E-state index is 13.7. The minimum Gasteiger partial charge on any atom is -0.507 e. The summed E-state index contributed by atoms with van der Waals surface area (Å²) in [6, 6.07) is 16.6. The van der Waals surface area contributed by atoms with Gasteiger partial charge >= 0.3 is 0 Å². The van der Waals surface area contributed by atoms with Crippen molar-refractivity contribution < 1.29 is 33.6 Å². The molecule has 1 aliphatic heterocycles. The van der Waals surface area contributed by atoms with E-state index >= 15 is 0 Å². The van der Waals surface area contributed by atoms with Crippen molar-refractivity contribution >= 4 is 23.1 Å². The molecule has 0 bridgehead atoms. The molecule has 0 radical (unpaired) electrons. The molecule has 1 unspecified atom stereocenters. The van der Waals surface area contributed by atoms with E-state index in [0.717, 1.165) is 5.56 Å². The van der Waals surface area contributed by atoms with Gasteiger partial charge in [-0.2, -0.15) is 0 Å². The number of hydrogen-bond donors (Lipinski definition) is 1. The van der Waals surface area contributed by atoms with Gasteiger partial charge in [0.1, 0.15) is 17.3 Å². The predicted molar refractivity (Wildman–Crippen MR) is 154 cm³/mol. The number of carbonyl (C=O) groups is 2. The summed E-state index contributed by atoms with van der Waals surface area (Å²) in [6.07, 6.45) is 0. The Morgan fingerprint density at radius 1 is 0.875 bits per heavy atom. The number of rotatable bonds is 8. The number of ether oxygens (including phenoxy) is 4. The Morgan fingerprint density at radius 2 is 1.55 bits per heavy atom. The highest BCUT2D eigenvalue weighted by Gasteiger charge is 2.47. The Bertz CT molecular complexity index is 1470. The summed E-state index contributed by atoms with van der Waals surface area (Å²) in [5.74, 6) is -0.0940. The first kappa shape index (κ1) is 28.5. The fraction of sp³-hybridized carbons (Fsp3) is 0.312. The number of aliphatic hydroxyl groups excluding tert-OH is 1. The average molecular weight is 546 g/mol. The average Bonchev–Trinajstić information content (AvgIpc) is 3.21. The third-order valence-electron chi connectivity index (χ3n) is 6.90. The number of Topliss-reactive ketones (excluding diaryl/α,β-unsaturated/α-hetero) is 1. The van der Waals surface area contributed by atoms with Gasteiger partial charge in [-0.3, -0.25) is 14.5 Å². The van der Waals surface area contributed by atoms with Crippen LogP contribution in [0.25, 0.3) is 5.76 Å². The van der Waals surface area contributed by atoms with Crippen LogP contribution in [0.1, 0.15) is 50.4 Å². The number of nitrogens with zero attached hydrogens (tertiary/aromatic N) is 1. The summed E-state index contributed by atoms with van der Waals surface area (Å²) in [4.78, 5) is 28.8. The van der Waals surface area contributed by atoms with Crippen LogP contribution < -0.4 is 23.8 Å². The van der Waals surface area contributed by atoms with E-state index in [4.69, 9.17) is 18.9 Å². The van der Waals surface area contributed by atoms with Crippen LogP contribution in [0.5, 0.6) is 23.0 Å². The summed E-state index contributed by atoms with van der Waals surface area (Å²) in [7, 11) is 4.52. The van der Waals surface area contributed by atoms with E-state index in [2.05, 4.69) is 0 Å². The summed E-state index contributed by atoms with van der Waals surface area (Å²) in [5.41, 5.74) is 1.94. The predicted octanol–water partition coefficient (Wildman–Crippen LogP) is 6.03. The second kappa shape index (κ2) is 11.3. The van der Waals surface area contributed by atoms with E-state index in [9.17, 15) is 14.7 Å². The SMILES string of the molecule is CCOc1cccc(N2C(=O)C(=O)/C(=C(/O)c3cc(C(C)(C)C)ccc3OC)C2c2ccc(OC)c(OC)c2)c1. The molecule has 8 heteroatoms. The molecule has 0 spiro atoms. The van der Waals surface area contributed by atoms with E-state index in [-0.39, 0.29) is 16.7 Å². The third kappa shape index (κ3) is 5.21. The molecule has 1 atom stereocenters. The quantitative estimate of drug-likeness (QED) is 0.210. The Morgan fingerprint density at radius 3 is 2.17 bits per heavy atom. The van der Waals surface area contributed by atoms with Gasteiger partial charge in [-0.25, -0.2) is 0 Å². The normalized spacial score (nSPS) is 16.7. The van der Waals surface area contributed by atoms with Gasteiger partial charge in [0.05, 0.1) is 45.1 Å². The van der Waals surface area contributed by atoms with Crippen LogP contribution in [0.4, 0.5) is 5.69 Å². The van der Waals surface area contributed by atoms with Gasteiger partial charge in [0.25, 0.3) is 11.7 Å². The molecule has 1 saturated heterocycles. The summed E-state index contributed by atoms with van der Waals surface area (Å²) in [5, 5.41) is 11.8. The molecule has 40 heavy (non-hydrogen) atoms. The van der Waals surface area contributed by atoms with Gasteiger partial charge in [0.2, 0.25) is 0 Å². The third-order valence-corrected chi connectivity index (χ3v) is 6.90. The smallest absolute Gasteiger partial charge is 0.300 e. The number of ketones is 1. The second-order valence-electron chi connectivity index (χ2n) is 10.4. The lowest BCUT2D eigenvalue weighted by atomic mass is 9.85. The molecule has 8 nitrogen and oxygen atoms in total. The maximum Gasteiger partial charge on any atom is 0.300 e. The molecule has 3 aromatic carbocycles. The van der Waals surface area contributed by atoms with Crippen molar-refractivity contribution in [3.05, 3.63) is 82.9 Å². The zero-order valence-electron chi connectivity index (χ0n) is 23.9. The van der Waals surface area contributed by atoms with Gasteiger partial charge in [0.15, 0.2) is 11.5 Å². The fourth-order valence-electron chi connectivity index (χ4n) is 4.83. The number of aliphatic hydroxyl groups is 1. The lowest BCUT2D eigenvalue weighted by Gasteiger charge is -2.27. The summed E-state index contributed by atoms with van der Waals surface area (Å²) in [6.45, 7) is 8.44. The van der Waals surface area contributed by atoms with E-state index in [0.29, 0.717) is 46.4 Å². The second-order valence-corrected chi connectivity index (χ2v) is 10.4. The minimum absolute atomic E-state index is 0.0663. The number of anilines is 1. The molecule has 1 aliphatic rings. The zero-order valence-corrected chi connectivity index (χ0v) is 23.9. The molecule has 0 aliphatic carbocycles. The highest BCUT2D eigenvalue weighted by atomic mass is 16.5. The molecule has 1 fully saturated rings. The van der Waals surface area contributed by atoms with Crippen LogP contribution >= 0.6 is 0 Å². The lowest BCUT2D eigenvalue weighted by molar-refractivity contribution is -0.132. The number of methoxy groups -OCH3 is 3. The van der Waals surface area contributed by atoms with E-state index < -0.39 is 17.7 Å². The van der Waals surface area contributed by atoms with Crippen LogP contribution in [0.2, 0.25) is 0 Å². The lowest BCUT2D eigenvalue weighted by Crippen LogP contribution is -2.29. The number of hydrogen-bond acceptors (Lipinski definition) is 7. The molecule has 4 rings (SSSR count). The number of benzene rings is 3.